The van der Waals surface area contributed by atoms with Crippen molar-refractivity contribution >= 4 is 23.4 Å². The van der Waals surface area contributed by atoms with Crippen molar-refractivity contribution in [1.82, 2.24) is 20.2 Å². The van der Waals surface area contributed by atoms with E-state index >= 15 is 0 Å². The lowest BCUT2D eigenvalue weighted by atomic mass is 10.1. The van der Waals surface area contributed by atoms with Crippen LogP contribution in [0.5, 0.6) is 11.8 Å². The molecule has 0 aliphatic heterocycles. The molecule has 128 valence electrons. The first-order valence-corrected chi connectivity index (χ1v) is 8.24. The number of thioether (sulfide) groups is 1. The summed E-state index contributed by atoms with van der Waals surface area (Å²) in [6, 6.07) is 8.04. The van der Waals surface area contributed by atoms with E-state index in [1.807, 2.05) is 0 Å². The van der Waals surface area contributed by atoms with E-state index in [0.717, 1.165) is 17.3 Å². The minimum atomic E-state index is -0.774. The fourth-order valence-corrected chi connectivity index (χ4v) is 2.49. The lowest BCUT2D eigenvalue weighted by molar-refractivity contribution is 0.102. The maximum absolute atomic E-state index is 12.2. The highest BCUT2D eigenvalue weighted by atomic mass is 32.2. The second-order valence-corrected chi connectivity index (χ2v) is 5.74. The van der Waals surface area contributed by atoms with Crippen LogP contribution in [0, 0.1) is 0 Å². The van der Waals surface area contributed by atoms with Crippen molar-refractivity contribution in [2.75, 3.05) is 11.6 Å². The zero-order valence-electron chi connectivity index (χ0n) is 12.9. The Balaban J connectivity index is 1.81. The van der Waals surface area contributed by atoms with Crippen LogP contribution in [0.15, 0.2) is 40.3 Å². The van der Waals surface area contributed by atoms with Crippen LogP contribution in [0.4, 0.5) is 5.69 Å². The third-order valence-corrected chi connectivity index (χ3v) is 3.88. The van der Waals surface area contributed by atoms with Crippen molar-refractivity contribution in [3.05, 3.63) is 46.2 Å². The van der Waals surface area contributed by atoms with Gasteiger partial charge in [0.25, 0.3) is 11.5 Å². The first kappa shape index (κ1) is 16.6. The van der Waals surface area contributed by atoms with Crippen molar-refractivity contribution in [2.45, 2.75) is 5.16 Å². The van der Waals surface area contributed by atoms with Crippen LogP contribution in [-0.4, -0.2) is 42.5 Å². The zero-order chi connectivity index (χ0) is 18.0. The molecule has 5 N–H and O–H groups in total. The summed E-state index contributed by atoms with van der Waals surface area (Å²) in [5, 5.41) is 28.1. The molecule has 9 nitrogen and oxygen atoms in total. The van der Waals surface area contributed by atoms with E-state index < -0.39 is 22.9 Å². The number of hydrogen-bond acceptors (Lipinski definition) is 7. The van der Waals surface area contributed by atoms with Crippen molar-refractivity contribution in [3.8, 4) is 23.0 Å². The number of nitrogens with one attached hydrogen (secondary N) is 3. The van der Waals surface area contributed by atoms with Gasteiger partial charge in [-0.1, -0.05) is 23.9 Å². The van der Waals surface area contributed by atoms with Gasteiger partial charge in [-0.25, -0.2) is 5.10 Å². The smallest absolute Gasteiger partial charge is 0.268 e. The zero-order valence-corrected chi connectivity index (χ0v) is 13.7. The molecule has 3 aromatic rings. The molecule has 0 bridgehead atoms. The number of nitrogens with zero attached hydrogens (tertiary/aromatic N) is 2. The summed E-state index contributed by atoms with van der Waals surface area (Å²) in [4.78, 5) is 30.3. The van der Waals surface area contributed by atoms with Crippen molar-refractivity contribution in [1.29, 1.82) is 0 Å². The number of amides is 1. The summed E-state index contributed by atoms with van der Waals surface area (Å²) in [6.45, 7) is 0. The van der Waals surface area contributed by atoms with Crippen molar-refractivity contribution in [3.63, 3.8) is 0 Å². The van der Waals surface area contributed by atoms with E-state index in [2.05, 4.69) is 25.5 Å². The molecule has 1 amide bonds. The SMILES string of the molecule is CSc1nc(O)c(C(=O)Nc2ccc(-c3cc(O)[nH]n3)cc2)c(=O)[nH]1. The maximum Gasteiger partial charge on any atom is 0.268 e. The van der Waals surface area contributed by atoms with Crippen LogP contribution < -0.4 is 10.9 Å². The van der Waals surface area contributed by atoms with Crippen molar-refractivity contribution < 1.29 is 15.0 Å². The predicted octanol–water partition coefficient (Wildman–Crippen LogP) is 1.55. The fourth-order valence-electron chi connectivity index (χ4n) is 2.12. The monoisotopic (exact) mass is 359 g/mol. The standard InChI is InChI=1S/C15H13N5O4S/c1-25-15-17-13(23)11(14(24)18-15)12(22)16-8-4-2-7(3-5-8)9-6-10(21)20-19-9/h2-6H,1H3,(H,16,22)(H2,19,20,21)(H2,17,18,23,24). The molecule has 1 aromatic carbocycles. The summed E-state index contributed by atoms with van der Waals surface area (Å²) in [5.74, 6) is -1.46. The highest BCUT2D eigenvalue weighted by Crippen LogP contribution is 2.22. The van der Waals surface area contributed by atoms with Gasteiger partial charge in [0.2, 0.25) is 11.8 Å². The average molecular weight is 359 g/mol. The molecule has 0 saturated heterocycles. The average Bonchev–Trinajstić information content (AvgIpc) is 3.01. The summed E-state index contributed by atoms with van der Waals surface area (Å²) in [6.07, 6.45) is 1.68. The normalized spacial score (nSPS) is 10.6. The molecule has 0 aliphatic carbocycles. The Morgan fingerprint density at radius 3 is 2.52 bits per heavy atom. The lowest BCUT2D eigenvalue weighted by Crippen LogP contribution is -2.24. The lowest BCUT2D eigenvalue weighted by Gasteiger charge is -2.07. The molecule has 0 atom stereocenters. The molecule has 0 spiro atoms. The Hall–Kier alpha value is -3.27. The van der Waals surface area contributed by atoms with Crippen LogP contribution in [0.2, 0.25) is 0 Å². The van der Waals surface area contributed by atoms with Gasteiger partial charge in [0, 0.05) is 17.3 Å². The fraction of sp³-hybridized carbons (Fsp3) is 0.0667. The van der Waals surface area contributed by atoms with Gasteiger partial charge in [-0.05, 0) is 18.4 Å². The number of aromatic hydroxyl groups is 2. The van der Waals surface area contributed by atoms with E-state index in [9.17, 15) is 19.8 Å². The summed E-state index contributed by atoms with van der Waals surface area (Å²) < 4.78 is 0. The summed E-state index contributed by atoms with van der Waals surface area (Å²) in [5.41, 5.74) is 0.501. The number of aromatic amines is 2. The van der Waals surface area contributed by atoms with Crippen LogP contribution in [0.3, 0.4) is 0 Å². The van der Waals surface area contributed by atoms with Crippen LogP contribution in [0.1, 0.15) is 10.4 Å². The highest BCUT2D eigenvalue weighted by Gasteiger charge is 2.19. The van der Waals surface area contributed by atoms with E-state index in [0.29, 0.717) is 11.4 Å². The van der Waals surface area contributed by atoms with Gasteiger partial charge in [-0.3, -0.25) is 9.59 Å². The molecule has 0 fully saturated rings. The molecule has 25 heavy (non-hydrogen) atoms. The number of rotatable bonds is 4. The van der Waals surface area contributed by atoms with Gasteiger partial charge in [0.05, 0.1) is 5.69 Å². The second kappa shape index (κ2) is 6.69. The van der Waals surface area contributed by atoms with Crippen LogP contribution in [0.25, 0.3) is 11.3 Å². The minimum Gasteiger partial charge on any atom is -0.494 e. The number of carbonyl (C=O) groups is 1. The van der Waals surface area contributed by atoms with E-state index in [-0.39, 0.29) is 11.0 Å². The quantitative estimate of drug-likeness (QED) is 0.351. The van der Waals surface area contributed by atoms with Gasteiger partial charge in [-0.2, -0.15) is 10.1 Å². The van der Waals surface area contributed by atoms with Gasteiger partial charge in [-0.15, -0.1) is 0 Å². The molecule has 2 heterocycles. The molecular formula is C15H13N5O4S. The number of carbonyl (C=O) groups excluding carboxylic acids is 1. The summed E-state index contributed by atoms with van der Waals surface area (Å²) >= 11 is 1.14. The van der Waals surface area contributed by atoms with Crippen LogP contribution in [-0.2, 0) is 0 Å². The maximum atomic E-state index is 12.2. The largest absolute Gasteiger partial charge is 0.494 e. The Labute approximate surface area is 145 Å². The Bertz CT molecular complexity index is 980. The third kappa shape index (κ3) is 3.48. The first-order chi connectivity index (χ1) is 12.0. The van der Waals surface area contributed by atoms with E-state index in [4.69, 9.17) is 0 Å². The van der Waals surface area contributed by atoms with Gasteiger partial charge < -0.3 is 20.5 Å². The highest BCUT2D eigenvalue weighted by molar-refractivity contribution is 7.98. The minimum absolute atomic E-state index is 0.0525. The topological polar surface area (TPSA) is 144 Å². The van der Waals surface area contributed by atoms with Crippen LogP contribution >= 0.6 is 11.8 Å². The third-order valence-electron chi connectivity index (χ3n) is 3.30. The molecule has 0 radical (unpaired) electrons. The van der Waals surface area contributed by atoms with Gasteiger partial charge >= 0.3 is 0 Å². The molecule has 0 unspecified atom stereocenters. The summed E-state index contributed by atoms with van der Waals surface area (Å²) in [7, 11) is 0. The number of H-pyrrole nitrogens is 2. The van der Waals surface area contributed by atoms with Gasteiger partial charge in [0.15, 0.2) is 10.7 Å². The number of aromatic nitrogens is 4. The Morgan fingerprint density at radius 2 is 1.96 bits per heavy atom. The van der Waals surface area contributed by atoms with E-state index in [1.54, 1.807) is 30.5 Å². The second-order valence-electron chi connectivity index (χ2n) is 4.94. The van der Waals surface area contributed by atoms with Gasteiger partial charge in [0.1, 0.15) is 0 Å². The number of benzene rings is 1. The van der Waals surface area contributed by atoms with E-state index in [1.165, 1.54) is 6.07 Å². The number of anilines is 1. The Kier molecular flexibility index (Phi) is 4.44. The Morgan fingerprint density at radius 1 is 1.24 bits per heavy atom. The number of hydrogen-bond donors (Lipinski definition) is 5. The van der Waals surface area contributed by atoms with Crippen molar-refractivity contribution in [2.24, 2.45) is 0 Å². The molecule has 10 heteroatoms. The molecule has 3 rings (SSSR count). The molecule has 2 aromatic heterocycles. The molecular weight excluding hydrogens is 346 g/mol. The molecule has 0 saturated carbocycles. The molecule has 0 aliphatic rings. The first-order valence-electron chi connectivity index (χ1n) is 7.01. The predicted molar refractivity (Wildman–Crippen MR) is 91.9 cm³/mol.